The summed E-state index contributed by atoms with van der Waals surface area (Å²) in [5.74, 6) is -1.51. The number of aliphatic hydroxyl groups is 1. The highest BCUT2D eigenvalue weighted by molar-refractivity contribution is 7.47. The molecule has 3 unspecified atom stereocenters. The maximum Gasteiger partial charge on any atom is 0.472 e. The number of allylic oxidation sites excluding steroid dienone is 16. The third-order valence-corrected chi connectivity index (χ3v) is 13.5. The summed E-state index contributed by atoms with van der Waals surface area (Å²) in [6.45, 7) is 4.39. The number of carbonyl (C=O) groups excluding carboxylic acids is 3. The molecule has 436 valence electrons. The molecule has 0 spiro atoms. The van der Waals surface area contributed by atoms with Crippen molar-refractivity contribution in [2.75, 3.05) is 26.4 Å². The summed E-state index contributed by atoms with van der Waals surface area (Å²) in [5.41, 5.74) is 0. The molecule has 0 saturated carbocycles. The fourth-order valence-electron chi connectivity index (χ4n) is 7.99. The quantitative estimate of drug-likeness (QED) is 0.0197. The van der Waals surface area contributed by atoms with E-state index in [0.29, 0.717) is 19.3 Å². The maximum absolute atomic E-state index is 12.9. The molecule has 0 aliphatic heterocycles. The standard InChI is InChI=1S/C64H109O11P/c1-4-7-10-13-16-19-22-25-27-29-30-32-33-36-38-41-44-47-50-53-62(66)71-57-61(75-64(68)55-52-49-46-43-40-37-34-31-28-26-23-20-17-14-11-8-5-2)59-73-76(69,70)72-58-60(56-65)74-63(67)54-51-48-45-42-39-35-24-21-18-15-12-9-6-3/h7-8,10-11,16-17,19-20,25-28,30,32,34,37,60-61,65H,4-6,9,12-15,18,21-24,29,31,33,35-36,38-59H2,1-3H3,(H,69,70)/b10-7-,11-8-,19-16-,20-17-,27-25-,28-26-,32-30-,37-34-. The molecule has 0 aromatic heterocycles. The molecule has 0 aromatic rings. The molecular formula is C64H109O11P. The predicted molar refractivity (Wildman–Crippen MR) is 316 cm³/mol. The van der Waals surface area contributed by atoms with E-state index in [1.54, 1.807) is 0 Å². The minimum Gasteiger partial charge on any atom is -0.462 e. The highest BCUT2D eigenvalue weighted by atomic mass is 31.2. The van der Waals surface area contributed by atoms with E-state index in [0.717, 1.165) is 135 Å². The summed E-state index contributed by atoms with van der Waals surface area (Å²) in [7, 11) is -4.76. The number of phosphoric ester groups is 1. The number of ether oxygens (including phenoxy) is 3. The van der Waals surface area contributed by atoms with Gasteiger partial charge in [-0.2, -0.15) is 0 Å². The van der Waals surface area contributed by atoms with Crippen molar-refractivity contribution in [2.24, 2.45) is 0 Å². The van der Waals surface area contributed by atoms with Gasteiger partial charge in [0.1, 0.15) is 12.7 Å². The van der Waals surface area contributed by atoms with Crippen molar-refractivity contribution in [3.63, 3.8) is 0 Å². The lowest BCUT2D eigenvalue weighted by atomic mass is 10.0. The monoisotopic (exact) mass is 1080 g/mol. The van der Waals surface area contributed by atoms with Gasteiger partial charge < -0.3 is 24.2 Å². The Morgan fingerprint density at radius 2 is 0.684 bits per heavy atom. The minimum absolute atomic E-state index is 0.133. The molecule has 3 atom stereocenters. The summed E-state index contributed by atoms with van der Waals surface area (Å²) >= 11 is 0. The van der Waals surface area contributed by atoms with Gasteiger partial charge in [-0.25, -0.2) is 4.57 Å². The number of aliphatic hydroxyl groups excluding tert-OH is 1. The molecule has 0 bridgehead atoms. The average molecular weight is 1090 g/mol. The van der Waals surface area contributed by atoms with Crippen LogP contribution in [-0.2, 0) is 42.2 Å². The van der Waals surface area contributed by atoms with Gasteiger partial charge in [0, 0.05) is 19.3 Å². The Balaban J connectivity index is 4.79. The lowest BCUT2D eigenvalue weighted by Gasteiger charge is -2.21. The van der Waals surface area contributed by atoms with Crippen LogP contribution in [0.5, 0.6) is 0 Å². The third-order valence-electron chi connectivity index (χ3n) is 12.5. The van der Waals surface area contributed by atoms with E-state index in [2.05, 4.69) is 118 Å². The van der Waals surface area contributed by atoms with Crippen LogP contribution in [0.15, 0.2) is 97.2 Å². The van der Waals surface area contributed by atoms with Crippen LogP contribution in [0.3, 0.4) is 0 Å². The molecule has 0 radical (unpaired) electrons. The van der Waals surface area contributed by atoms with Gasteiger partial charge in [0.25, 0.3) is 0 Å². The first kappa shape index (κ1) is 72.4. The van der Waals surface area contributed by atoms with Crippen LogP contribution in [0.2, 0.25) is 0 Å². The predicted octanol–water partition coefficient (Wildman–Crippen LogP) is 18.0. The van der Waals surface area contributed by atoms with Gasteiger partial charge >= 0.3 is 25.7 Å². The summed E-state index contributed by atoms with van der Waals surface area (Å²) in [6, 6.07) is 0. The van der Waals surface area contributed by atoms with E-state index < -0.39 is 57.8 Å². The van der Waals surface area contributed by atoms with Gasteiger partial charge in [-0.1, -0.05) is 234 Å². The molecule has 0 aliphatic carbocycles. The van der Waals surface area contributed by atoms with Crippen molar-refractivity contribution in [1.29, 1.82) is 0 Å². The zero-order valence-corrected chi connectivity index (χ0v) is 49.1. The van der Waals surface area contributed by atoms with Crippen molar-refractivity contribution in [3.05, 3.63) is 97.2 Å². The molecular weight excluding hydrogens is 976 g/mol. The van der Waals surface area contributed by atoms with Crippen molar-refractivity contribution < 1.29 is 52.2 Å². The van der Waals surface area contributed by atoms with E-state index in [9.17, 15) is 28.9 Å². The van der Waals surface area contributed by atoms with Crippen LogP contribution in [0.4, 0.5) is 0 Å². The Labute approximate surface area is 463 Å². The van der Waals surface area contributed by atoms with Gasteiger partial charge in [0.05, 0.1) is 19.8 Å². The van der Waals surface area contributed by atoms with Crippen molar-refractivity contribution in [2.45, 2.75) is 264 Å². The Hall–Kier alpha value is -3.60. The van der Waals surface area contributed by atoms with Crippen LogP contribution in [0.25, 0.3) is 0 Å². The van der Waals surface area contributed by atoms with Crippen LogP contribution >= 0.6 is 7.82 Å². The van der Waals surface area contributed by atoms with Crippen LogP contribution in [-0.4, -0.2) is 66.5 Å². The summed E-state index contributed by atoms with van der Waals surface area (Å²) in [4.78, 5) is 48.6. The largest absolute Gasteiger partial charge is 0.472 e. The number of esters is 3. The Kier molecular flexibility index (Phi) is 54.8. The maximum atomic E-state index is 12.9. The molecule has 76 heavy (non-hydrogen) atoms. The average Bonchev–Trinajstić information content (AvgIpc) is 3.41. The lowest BCUT2D eigenvalue weighted by molar-refractivity contribution is -0.161. The number of unbranched alkanes of at least 4 members (excludes halogenated alkanes) is 22. The van der Waals surface area contributed by atoms with E-state index in [1.807, 2.05) is 0 Å². The highest BCUT2D eigenvalue weighted by Crippen LogP contribution is 2.43. The molecule has 12 heteroatoms. The van der Waals surface area contributed by atoms with Crippen LogP contribution in [0.1, 0.15) is 252 Å². The molecule has 0 aromatic carbocycles. The zero-order chi connectivity index (χ0) is 55.5. The number of phosphoric acid groups is 1. The van der Waals surface area contributed by atoms with E-state index in [1.165, 1.54) is 57.8 Å². The SMILES string of the molecule is CC/C=C\C/C=C\C/C=C\C/C=C\CCCCCCCCC(=O)OCC(COP(=O)(O)OCC(CO)OC(=O)CCCCCCCCCCCCCCC)OC(=O)CCCCCC/C=C\C/C=C\C/C=C\C/C=C\CC. The number of hydrogen-bond donors (Lipinski definition) is 2. The zero-order valence-electron chi connectivity index (χ0n) is 48.2. The number of rotatable bonds is 55. The molecule has 0 heterocycles. The minimum atomic E-state index is -4.76. The van der Waals surface area contributed by atoms with Gasteiger partial charge in [0.15, 0.2) is 6.10 Å². The molecule has 0 rings (SSSR count). The summed E-state index contributed by atoms with van der Waals surface area (Å²) < 4.78 is 39.6. The topological polar surface area (TPSA) is 155 Å². The lowest BCUT2D eigenvalue weighted by Crippen LogP contribution is -2.30. The van der Waals surface area contributed by atoms with Gasteiger partial charge in [-0.15, -0.1) is 0 Å². The molecule has 2 N–H and O–H groups in total. The summed E-state index contributed by atoms with van der Waals surface area (Å²) in [6.07, 6.45) is 67.9. The van der Waals surface area contributed by atoms with Crippen molar-refractivity contribution in [3.8, 4) is 0 Å². The van der Waals surface area contributed by atoms with Gasteiger partial charge in [-0.05, 0) is 96.3 Å². The Morgan fingerprint density at radius 3 is 1.05 bits per heavy atom. The smallest absolute Gasteiger partial charge is 0.462 e. The normalized spacial score (nSPS) is 14.0. The number of hydrogen-bond acceptors (Lipinski definition) is 10. The highest BCUT2D eigenvalue weighted by Gasteiger charge is 2.28. The number of carbonyl (C=O) groups is 3. The first-order valence-electron chi connectivity index (χ1n) is 30.1. The third kappa shape index (κ3) is 55.2. The van der Waals surface area contributed by atoms with Gasteiger partial charge in [0.2, 0.25) is 0 Å². The van der Waals surface area contributed by atoms with Crippen molar-refractivity contribution >= 4 is 25.7 Å². The molecule has 0 saturated heterocycles. The van der Waals surface area contributed by atoms with E-state index in [-0.39, 0.29) is 25.9 Å². The molecule has 0 amide bonds. The van der Waals surface area contributed by atoms with Crippen LogP contribution in [0, 0.1) is 0 Å². The first-order valence-corrected chi connectivity index (χ1v) is 31.6. The second-order valence-corrected chi connectivity index (χ2v) is 21.2. The van der Waals surface area contributed by atoms with Crippen LogP contribution < -0.4 is 0 Å². The van der Waals surface area contributed by atoms with Crippen molar-refractivity contribution in [1.82, 2.24) is 0 Å². The Morgan fingerprint density at radius 1 is 0.382 bits per heavy atom. The fourth-order valence-corrected chi connectivity index (χ4v) is 8.77. The Bertz CT molecular complexity index is 1640. The second-order valence-electron chi connectivity index (χ2n) is 19.8. The summed E-state index contributed by atoms with van der Waals surface area (Å²) in [5, 5.41) is 9.82. The second kappa shape index (κ2) is 57.6. The molecule has 0 fully saturated rings. The first-order chi connectivity index (χ1) is 37.2. The molecule has 0 aliphatic rings. The fraction of sp³-hybridized carbons (Fsp3) is 0.703. The van der Waals surface area contributed by atoms with E-state index in [4.69, 9.17) is 23.3 Å². The van der Waals surface area contributed by atoms with E-state index >= 15 is 0 Å². The molecule has 11 nitrogen and oxygen atoms in total. The van der Waals surface area contributed by atoms with Gasteiger partial charge in [-0.3, -0.25) is 23.4 Å².